The van der Waals surface area contributed by atoms with Gasteiger partial charge < -0.3 is 10.3 Å². The zero-order chi connectivity index (χ0) is 14.3. The molecule has 0 bridgehead atoms. The van der Waals surface area contributed by atoms with Crippen LogP contribution in [-0.4, -0.2) is 10.5 Å². The molecular weight excluding hydrogens is 295 g/mol. The van der Waals surface area contributed by atoms with Crippen molar-refractivity contribution >= 4 is 40.0 Å². The molecule has 2 N–H and O–H groups in total. The summed E-state index contributed by atoms with van der Waals surface area (Å²) in [6, 6.07) is 12.7. The third-order valence-corrected chi connectivity index (χ3v) is 3.90. The molecule has 3 aromatic rings. The molecule has 2 aromatic carbocycles. The van der Waals surface area contributed by atoms with Gasteiger partial charge in [0.1, 0.15) is 0 Å². The van der Waals surface area contributed by atoms with E-state index in [9.17, 15) is 4.79 Å². The highest BCUT2D eigenvalue weighted by Gasteiger charge is 2.08. The van der Waals surface area contributed by atoms with Gasteiger partial charge >= 0.3 is 0 Å². The molecule has 3 rings (SSSR count). The number of benzene rings is 2. The summed E-state index contributed by atoms with van der Waals surface area (Å²) < 4.78 is 1.97. The summed E-state index contributed by atoms with van der Waals surface area (Å²) in [7, 11) is 0. The molecule has 1 heterocycles. The highest BCUT2D eigenvalue weighted by Crippen LogP contribution is 2.27. The Morgan fingerprint density at radius 2 is 1.80 bits per heavy atom. The van der Waals surface area contributed by atoms with Crippen LogP contribution in [0.5, 0.6) is 0 Å². The fraction of sp³-hybridized carbons (Fsp3) is 0. The molecule has 0 unspecified atom stereocenters. The van der Waals surface area contributed by atoms with Crippen molar-refractivity contribution in [3.8, 4) is 5.69 Å². The van der Waals surface area contributed by atoms with E-state index in [-0.39, 0.29) is 0 Å². The summed E-state index contributed by atoms with van der Waals surface area (Å²) >= 11 is 12.0. The smallest absolute Gasteiger partial charge is 0.248 e. The molecule has 0 aliphatic rings. The SMILES string of the molecule is NC(=O)c1ccc2c(ccn2-c2ccc(Cl)c(Cl)c2)c1. The van der Waals surface area contributed by atoms with E-state index >= 15 is 0 Å². The van der Waals surface area contributed by atoms with E-state index in [0.717, 1.165) is 16.6 Å². The van der Waals surface area contributed by atoms with E-state index < -0.39 is 5.91 Å². The Morgan fingerprint density at radius 1 is 1.00 bits per heavy atom. The van der Waals surface area contributed by atoms with Gasteiger partial charge in [0.05, 0.1) is 15.6 Å². The van der Waals surface area contributed by atoms with Crippen LogP contribution >= 0.6 is 23.2 Å². The van der Waals surface area contributed by atoms with Crippen molar-refractivity contribution in [1.29, 1.82) is 0 Å². The number of nitrogens with two attached hydrogens (primary N) is 1. The fourth-order valence-electron chi connectivity index (χ4n) is 2.16. The molecule has 100 valence electrons. The number of rotatable bonds is 2. The Morgan fingerprint density at radius 3 is 2.50 bits per heavy atom. The number of halogens is 2. The average Bonchev–Trinajstić information content (AvgIpc) is 2.84. The topological polar surface area (TPSA) is 48.0 Å². The lowest BCUT2D eigenvalue weighted by Crippen LogP contribution is -2.10. The van der Waals surface area contributed by atoms with Gasteiger partial charge in [0, 0.05) is 22.8 Å². The summed E-state index contributed by atoms with van der Waals surface area (Å²) in [6.07, 6.45) is 1.91. The maximum absolute atomic E-state index is 11.2. The number of aromatic nitrogens is 1. The minimum Gasteiger partial charge on any atom is -0.366 e. The predicted molar refractivity (Wildman–Crippen MR) is 81.8 cm³/mol. The van der Waals surface area contributed by atoms with E-state index in [1.54, 1.807) is 24.3 Å². The number of hydrogen-bond donors (Lipinski definition) is 1. The highest BCUT2D eigenvalue weighted by molar-refractivity contribution is 6.42. The molecule has 0 saturated heterocycles. The average molecular weight is 305 g/mol. The number of hydrogen-bond acceptors (Lipinski definition) is 1. The van der Waals surface area contributed by atoms with Crippen molar-refractivity contribution < 1.29 is 4.79 Å². The van der Waals surface area contributed by atoms with Crippen LogP contribution in [0.25, 0.3) is 16.6 Å². The number of carbonyl (C=O) groups excluding carboxylic acids is 1. The second-order valence-electron chi connectivity index (χ2n) is 4.42. The molecule has 3 nitrogen and oxygen atoms in total. The first-order chi connectivity index (χ1) is 9.56. The van der Waals surface area contributed by atoms with Crippen LogP contribution in [0, 0.1) is 0 Å². The molecule has 5 heteroatoms. The number of fused-ring (bicyclic) bond motifs is 1. The lowest BCUT2D eigenvalue weighted by molar-refractivity contribution is 0.100. The van der Waals surface area contributed by atoms with Gasteiger partial charge in [-0.05, 0) is 42.5 Å². The zero-order valence-corrected chi connectivity index (χ0v) is 11.8. The molecule has 1 amide bonds. The second kappa shape index (κ2) is 4.85. The van der Waals surface area contributed by atoms with Gasteiger partial charge in [0.25, 0.3) is 0 Å². The standard InChI is InChI=1S/C15H10Cl2N2O/c16-12-3-2-11(8-13(12)17)19-6-5-9-7-10(15(18)20)1-4-14(9)19/h1-8H,(H2,18,20). The number of nitrogens with zero attached hydrogens (tertiary/aromatic N) is 1. The summed E-state index contributed by atoms with van der Waals surface area (Å²) in [5.41, 5.74) is 7.64. The number of amides is 1. The van der Waals surface area contributed by atoms with E-state index in [4.69, 9.17) is 28.9 Å². The first-order valence-corrected chi connectivity index (χ1v) is 6.68. The van der Waals surface area contributed by atoms with Gasteiger partial charge in [0.15, 0.2) is 0 Å². The molecule has 0 spiro atoms. The Bertz CT molecular complexity index is 824. The van der Waals surface area contributed by atoms with Crippen LogP contribution in [0.1, 0.15) is 10.4 Å². The van der Waals surface area contributed by atoms with E-state index in [2.05, 4.69) is 0 Å². The van der Waals surface area contributed by atoms with Gasteiger partial charge in [-0.2, -0.15) is 0 Å². The molecule has 0 saturated carbocycles. The molecule has 0 aliphatic carbocycles. The van der Waals surface area contributed by atoms with E-state index in [1.165, 1.54) is 0 Å². The molecule has 1 aromatic heterocycles. The van der Waals surface area contributed by atoms with Gasteiger partial charge in [-0.1, -0.05) is 23.2 Å². The largest absolute Gasteiger partial charge is 0.366 e. The molecule has 0 atom stereocenters. The van der Waals surface area contributed by atoms with Crippen LogP contribution in [0.4, 0.5) is 0 Å². The van der Waals surface area contributed by atoms with Gasteiger partial charge in [0.2, 0.25) is 5.91 Å². The Kier molecular flexibility index (Phi) is 3.16. The quantitative estimate of drug-likeness (QED) is 0.763. The zero-order valence-electron chi connectivity index (χ0n) is 10.3. The second-order valence-corrected chi connectivity index (χ2v) is 5.24. The minimum absolute atomic E-state index is 0.436. The predicted octanol–water partition coefficient (Wildman–Crippen LogP) is 4.04. The molecule has 20 heavy (non-hydrogen) atoms. The van der Waals surface area contributed by atoms with E-state index in [1.807, 2.05) is 29.0 Å². The van der Waals surface area contributed by atoms with Crippen LogP contribution in [0.3, 0.4) is 0 Å². The molecular formula is C15H10Cl2N2O. The monoisotopic (exact) mass is 304 g/mol. The summed E-state index contributed by atoms with van der Waals surface area (Å²) in [6.45, 7) is 0. The van der Waals surface area contributed by atoms with Crippen molar-refractivity contribution in [2.45, 2.75) is 0 Å². The Labute approximate surface area is 125 Å². The first kappa shape index (κ1) is 13.0. The van der Waals surface area contributed by atoms with Crippen LogP contribution in [0.2, 0.25) is 10.0 Å². The van der Waals surface area contributed by atoms with Gasteiger partial charge in [-0.15, -0.1) is 0 Å². The first-order valence-electron chi connectivity index (χ1n) is 5.92. The third-order valence-electron chi connectivity index (χ3n) is 3.16. The van der Waals surface area contributed by atoms with Crippen LogP contribution in [0.15, 0.2) is 48.7 Å². The van der Waals surface area contributed by atoms with Gasteiger partial charge in [-0.3, -0.25) is 4.79 Å². The highest BCUT2D eigenvalue weighted by atomic mass is 35.5. The fourth-order valence-corrected chi connectivity index (χ4v) is 2.45. The molecule has 0 fully saturated rings. The molecule has 0 aliphatic heterocycles. The van der Waals surface area contributed by atoms with Crippen molar-refractivity contribution in [1.82, 2.24) is 4.57 Å². The number of carbonyl (C=O) groups is 1. The van der Waals surface area contributed by atoms with Crippen molar-refractivity contribution in [2.75, 3.05) is 0 Å². The van der Waals surface area contributed by atoms with Gasteiger partial charge in [-0.25, -0.2) is 0 Å². The van der Waals surface area contributed by atoms with Crippen LogP contribution < -0.4 is 5.73 Å². The Hall–Kier alpha value is -1.97. The summed E-state index contributed by atoms with van der Waals surface area (Å²) in [4.78, 5) is 11.2. The molecule has 0 radical (unpaired) electrons. The number of primary amides is 1. The lowest BCUT2D eigenvalue weighted by Gasteiger charge is -2.07. The van der Waals surface area contributed by atoms with Crippen molar-refractivity contribution in [2.24, 2.45) is 5.73 Å². The normalized spacial score (nSPS) is 10.9. The van der Waals surface area contributed by atoms with Crippen LogP contribution in [-0.2, 0) is 0 Å². The summed E-state index contributed by atoms with van der Waals surface area (Å²) in [5.74, 6) is -0.436. The maximum atomic E-state index is 11.2. The minimum atomic E-state index is -0.436. The lowest BCUT2D eigenvalue weighted by atomic mass is 10.1. The van der Waals surface area contributed by atoms with Crippen molar-refractivity contribution in [3.05, 3.63) is 64.3 Å². The third kappa shape index (κ3) is 2.15. The van der Waals surface area contributed by atoms with Crippen molar-refractivity contribution in [3.63, 3.8) is 0 Å². The maximum Gasteiger partial charge on any atom is 0.248 e. The Balaban J connectivity index is 2.17. The summed E-state index contributed by atoms with van der Waals surface area (Å²) in [5, 5.41) is 1.95. The van der Waals surface area contributed by atoms with E-state index in [0.29, 0.717) is 15.6 Å².